The molecule has 0 aliphatic carbocycles. The van der Waals surface area contributed by atoms with Crippen LogP contribution in [-0.2, 0) is 27.7 Å². The molecule has 0 unspecified atom stereocenters. The zero-order valence-corrected chi connectivity index (χ0v) is 15.7. The largest absolute Gasteiger partial charge is 0.497 e. The lowest BCUT2D eigenvalue weighted by molar-refractivity contribution is -0.116. The number of ether oxygens (including phenoxy) is 1. The molecule has 138 valence electrons. The van der Waals surface area contributed by atoms with Gasteiger partial charge in [0.25, 0.3) is 0 Å². The van der Waals surface area contributed by atoms with Gasteiger partial charge in [-0.25, -0.2) is 8.42 Å². The molecule has 2 aromatic carbocycles. The average molecular weight is 374 g/mol. The van der Waals surface area contributed by atoms with Gasteiger partial charge in [-0.2, -0.15) is 0 Å². The normalized spacial score (nSPS) is 13.4. The van der Waals surface area contributed by atoms with Crippen LogP contribution >= 0.6 is 0 Å². The van der Waals surface area contributed by atoms with Gasteiger partial charge in [0, 0.05) is 18.7 Å². The molecule has 3 rings (SSSR count). The highest BCUT2D eigenvalue weighted by Gasteiger charge is 2.26. The highest BCUT2D eigenvalue weighted by molar-refractivity contribution is 7.92. The van der Waals surface area contributed by atoms with Gasteiger partial charge < -0.3 is 10.1 Å². The van der Waals surface area contributed by atoms with Gasteiger partial charge in [0.2, 0.25) is 15.9 Å². The third-order valence-electron chi connectivity index (χ3n) is 4.42. The molecule has 26 heavy (non-hydrogen) atoms. The second kappa shape index (κ2) is 7.37. The molecule has 6 nitrogen and oxygen atoms in total. The van der Waals surface area contributed by atoms with Crippen LogP contribution in [0.2, 0.25) is 0 Å². The summed E-state index contributed by atoms with van der Waals surface area (Å²) in [7, 11) is -1.69. The molecule has 1 aliphatic heterocycles. The first-order chi connectivity index (χ1) is 12.4. The lowest BCUT2D eigenvalue weighted by Crippen LogP contribution is -2.27. The molecule has 0 aromatic heterocycles. The number of fused-ring (bicyclic) bond motifs is 1. The van der Waals surface area contributed by atoms with E-state index in [1.54, 1.807) is 13.2 Å². The molecule has 7 heteroatoms. The maximum atomic E-state index is 12.2. The molecule has 0 bridgehead atoms. The molecular weight excluding hydrogens is 352 g/mol. The molecular formula is C19H22N2O4S. The third kappa shape index (κ3) is 4.16. The summed E-state index contributed by atoms with van der Waals surface area (Å²) in [4.78, 5) is 12.2. The van der Waals surface area contributed by atoms with Crippen LogP contribution in [0.4, 0.5) is 11.4 Å². The van der Waals surface area contributed by atoms with E-state index < -0.39 is 10.0 Å². The zero-order valence-electron chi connectivity index (χ0n) is 14.9. The van der Waals surface area contributed by atoms with Crippen molar-refractivity contribution in [2.24, 2.45) is 0 Å². The van der Waals surface area contributed by atoms with Crippen molar-refractivity contribution in [1.29, 1.82) is 0 Å². The van der Waals surface area contributed by atoms with Crippen LogP contribution in [0, 0.1) is 0 Å². The van der Waals surface area contributed by atoms with Crippen molar-refractivity contribution in [3.8, 4) is 5.75 Å². The summed E-state index contributed by atoms with van der Waals surface area (Å²) in [6.45, 7) is 0.447. The number of nitrogens with one attached hydrogen (secondary N) is 1. The van der Waals surface area contributed by atoms with E-state index in [2.05, 4.69) is 5.32 Å². The monoisotopic (exact) mass is 374 g/mol. The molecule has 0 saturated carbocycles. The number of anilines is 2. The maximum Gasteiger partial charge on any atom is 0.232 e. The Hall–Kier alpha value is -2.54. The predicted molar refractivity (Wildman–Crippen MR) is 102 cm³/mol. The molecule has 0 atom stereocenters. The van der Waals surface area contributed by atoms with Gasteiger partial charge in [0.05, 0.1) is 19.1 Å². The summed E-state index contributed by atoms with van der Waals surface area (Å²) < 4.78 is 30.2. The number of carbonyl (C=O) groups excluding carboxylic acids is 1. The second-order valence-corrected chi connectivity index (χ2v) is 8.23. The Balaban J connectivity index is 1.63. The van der Waals surface area contributed by atoms with Gasteiger partial charge >= 0.3 is 0 Å². The van der Waals surface area contributed by atoms with Crippen LogP contribution in [0.25, 0.3) is 0 Å². The van der Waals surface area contributed by atoms with Crippen LogP contribution < -0.4 is 14.4 Å². The molecule has 1 amide bonds. The van der Waals surface area contributed by atoms with Crippen molar-refractivity contribution in [3.05, 3.63) is 53.6 Å². The topological polar surface area (TPSA) is 75.7 Å². The summed E-state index contributed by atoms with van der Waals surface area (Å²) in [6.07, 6.45) is 2.85. The van der Waals surface area contributed by atoms with Crippen LogP contribution in [0.15, 0.2) is 42.5 Å². The lowest BCUT2D eigenvalue weighted by Gasteiger charge is -2.17. The Morgan fingerprint density at radius 1 is 1.19 bits per heavy atom. The third-order valence-corrected chi connectivity index (χ3v) is 5.60. The minimum absolute atomic E-state index is 0.107. The molecule has 1 aliphatic rings. The summed E-state index contributed by atoms with van der Waals surface area (Å²) in [5.74, 6) is 0.677. The summed E-state index contributed by atoms with van der Waals surface area (Å²) in [5, 5.41) is 2.85. The van der Waals surface area contributed by atoms with Crippen molar-refractivity contribution in [3.63, 3.8) is 0 Å². The van der Waals surface area contributed by atoms with E-state index in [9.17, 15) is 13.2 Å². The summed E-state index contributed by atoms with van der Waals surface area (Å²) in [5.41, 5.74) is 3.30. The number of benzene rings is 2. The van der Waals surface area contributed by atoms with Crippen LogP contribution in [0.3, 0.4) is 0 Å². The number of rotatable bonds is 6. The van der Waals surface area contributed by atoms with Gasteiger partial charge in [-0.15, -0.1) is 0 Å². The standard InChI is InChI=1S/C19H22N2O4S/c1-25-17-8-3-14(4-9-17)5-10-19(22)20-16-7-6-15-11-12-21(18(15)13-16)26(2,23)24/h3-4,6-9,13H,5,10-12H2,1-2H3,(H,20,22). The Kier molecular flexibility index (Phi) is 5.18. The molecule has 0 radical (unpaired) electrons. The van der Waals surface area contributed by atoms with Crippen molar-refractivity contribution in [1.82, 2.24) is 0 Å². The lowest BCUT2D eigenvalue weighted by atomic mass is 10.1. The number of carbonyl (C=O) groups is 1. The number of amides is 1. The highest BCUT2D eigenvalue weighted by atomic mass is 32.2. The fraction of sp³-hybridized carbons (Fsp3) is 0.316. The van der Waals surface area contributed by atoms with Crippen molar-refractivity contribution < 1.29 is 17.9 Å². The highest BCUT2D eigenvalue weighted by Crippen LogP contribution is 2.32. The minimum atomic E-state index is -3.30. The van der Waals surface area contributed by atoms with E-state index in [1.165, 1.54) is 10.6 Å². The average Bonchev–Trinajstić information content (AvgIpc) is 3.04. The number of sulfonamides is 1. The predicted octanol–water partition coefficient (Wildman–Crippen LogP) is 2.59. The van der Waals surface area contributed by atoms with Crippen molar-refractivity contribution in [2.75, 3.05) is 29.5 Å². The molecule has 2 aromatic rings. The Morgan fingerprint density at radius 3 is 2.58 bits per heavy atom. The van der Waals surface area contributed by atoms with Crippen molar-refractivity contribution >= 4 is 27.3 Å². The maximum absolute atomic E-state index is 12.2. The Bertz CT molecular complexity index is 908. The zero-order chi connectivity index (χ0) is 18.7. The number of hydrogen-bond donors (Lipinski definition) is 1. The number of hydrogen-bond acceptors (Lipinski definition) is 4. The molecule has 1 N–H and O–H groups in total. The summed E-state index contributed by atoms with van der Waals surface area (Å²) >= 11 is 0. The fourth-order valence-electron chi connectivity index (χ4n) is 3.05. The molecule has 0 fully saturated rings. The van der Waals surface area contributed by atoms with E-state index in [4.69, 9.17) is 4.74 Å². The van der Waals surface area contributed by atoms with E-state index >= 15 is 0 Å². The Labute approximate surface area is 153 Å². The van der Waals surface area contributed by atoms with E-state index in [0.717, 1.165) is 16.9 Å². The molecule has 0 spiro atoms. The van der Waals surface area contributed by atoms with Gasteiger partial charge in [0.1, 0.15) is 5.75 Å². The summed E-state index contributed by atoms with van der Waals surface area (Å²) in [6, 6.07) is 13.0. The van der Waals surface area contributed by atoms with Crippen LogP contribution in [0.1, 0.15) is 17.5 Å². The van der Waals surface area contributed by atoms with Gasteiger partial charge in [-0.1, -0.05) is 18.2 Å². The van der Waals surface area contributed by atoms with Gasteiger partial charge in [0.15, 0.2) is 0 Å². The van der Waals surface area contributed by atoms with Crippen molar-refractivity contribution in [2.45, 2.75) is 19.3 Å². The minimum Gasteiger partial charge on any atom is -0.497 e. The van der Waals surface area contributed by atoms with Gasteiger partial charge in [-0.3, -0.25) is 9.10 Å². The SMILES string of the molecule is COc1ccc(CCC(=O)Nc2ccc3c(c2)N(S(C)(=O)=O)CC3)cc1. The van der Waals surface area contributed by atoms with E-state index in [-0.39, 0.29) is 5.91 Å². The first kappa shape index (κ1) is 18.3. The van der Waals surface area contributed by atoms with E-state index in [0.29, 0.717) is 37.2 Å². The first-order valence-corrected chi connectivity index (χ1v) is 10.2. The van der Waals surface area contributed by atoms with Gasteiger partial charge in [-0.05, 0) is 48.2 Å². The van der Waals surface area contributed by atoms with E-state index in [1.807, 2.05) is 36.4 Å². The fourth-order valence-corrected chi connectivity index (χ4v) is 4.00. The first-order valence-electron chi connectivity index (χ1n) is 8.40. The van der Waals surface area contributed by atoms with Crippen LogP contribution in [0.5, 0.6) is 5.75 Å². The molecule has 0 saturated heterocycles. The molecule has 1 heterocycles. The second-order valence-electron chi connectivity index (χ2n) is 6.32. The number of nitrogens with zero attached hydrogens (tertiary/aromatic N) is 1. The smallest absolute Gasteiger partial charge is 0.232 e. The number of aryl methyl sites for hydroxylation is 1. The quantitative estimate of drug-likeness (QED) is 0.843. The number of methoxy groups -OCH3 is 1. The Morgan fingerprint density at radius 2 is 1.92 bits per heavy atom. The van der Waals surface area contributed by atoms with Crippen LogP contribution in [-0.4, -0.2) is 34.2 Å².